The number of likely N-dealkylation sites (N-methyl/N-ethyl adjacent to an activating group) is 2. The molecule has 1 heterocycles. The van der Waals surface area contributed by atoms with Gasteiger partial charge in [0.05, 0.1) is 0 Å². The lowest BCUT2D eigenvalue weighted by Crippen LogP contribution is -2.45. The summed E-state index contributed by atoms with van der Waals surface area (Å²) in [5, 5.41) is 3.51. The molecule has 1 N–H and O–H groups in total. The second-order valence-corrected chi connectivity index (χ2v) is 5.63. The van der Waals surface area contributed by atoms with Crippen LogP contribution in [-0.2, 0) is 0 Å². The molecule has 0 aromatic rings. The summed E-state index contributed by atoms with van der Waals surface area (Å²) in [4.78, 5) is 4.71. The molecule has 0 aromatic carbocycles. The summed E-state index contributed by atoms with van der Waals surface area (Å²) < 4.78 is 0. The fourth-order valence-corrected chi connectivity index (χ4v) is 2.36. The van der Waals surface area contributed by atoms with Crippen LogP contribution < -0.4 is 5.32 Å². The van der Waals surface area contributed by atoms with Crippen LogP contribution in [0, 0.1) is 5.41 Å². The first-order valence-electron chi connectivity index (χ1n) is 6.06. The van der Waals surface area contributed by atoms with Crippen LogP contribution in [0.2, 0.25) is 0 Å². The van der Waals surface area contributed by atoms with Crippen LogP contribution >= 0.6 is 0 Å². The highest BCUT2D eigenvalue weighted by Crippen LogP contribution is 2.25. The molecule has 1 saturated heterocycles. The van der Waals surface area contributed by atoms with Gasteiger partial charge in [-0.25, -0.2) is 0 Å². The summed E-state index contributed by atoms with van der Waals surface area (Å²) in [7, 11) is 6.51. The third kappa shape index (κ3) is 4.96. The van der Waals surface area contributed by atoms with Crippen LogP contribution in [0.4, 0.5) is 0 Å². The van der Waals surface area contributed by atoms with E-state index in [-0.39, 0.29) is 0 Å². The van der Waals surface area contributed by atoms with Gasteiger partial charge in [-0.05, 0) is 45.9 Å². The van der Waals surface area contributed by atoms with E-state index in [2.05, 4.69) is 43.2 Å². The Kier molecular flexibility index (Phi) is 5.03. The van der Waals surface area contributed by atoms with Gasteiger partial charge in [-0.1, -0.05) is 6.92 Å². The molecule has 0 saturated carbocycles. The molecule has 0 aliphatic carbocycles. The number of rotatable bonds is 5. The maximum Gasteiger partial charge on any atom is 0.0106 e. The van der Waals surface area contributed by atoms with Gasteiger partial charge in [-0.15, -0.1) is 0 Å². The summed E-state index contributed by atoms with van der Waals surface area (Å²) in [5.74, 6) is 0. The highest BCUT2D eigenvalue weighted by molar-refractivity contribution is 4.83. The minimum Gasteiger partial charge on any atom is -0.316 e. The first kappa shape index (κ1) is 12.9. The van der Waals surface area contributed by atoms with Gasteiger partial charge in [-0.3, -0.25) is 0 Å². The van der Waals surface area contributed by atoms with Crippen molar-refractivity contribution in [2.45, 2.75) is 19.8 Å². The molecule has 0 spiro atoms. The molecule has 90 valence electrons. The third-order valence-corrected chi connectivity index (χ3v) is 3.27. The summed E-state index contributed by atoms with van der Waals surface area (Å²) in [5.41, 5.74) is 0.485. The molecule has 3 heteroatoms. The van der Waals surface area contributed by atoms with E-state index in [1.807, 2.05) is 0 Å². The number of hydrogen-bond acceptors (Lipinski definition) is 3. The van der Waals surface area contributed by atoms with Crippen LogP contribution in [0.15, 0.2) is 0 Å². The molecule has 1 unspecified atom stereocenters. The van der Waals surface area contributed by atoms with Crippen molar-refractivity contribution in [3.63, 3.8) is 0 Å². The molecule has 0 bridgehead atoms. The van der Waals surface area contributed by atoms with E-state index < -0.39 is 0 Å². The number of nitrogens with zero attached hydrogens (tertiary/aromatic N) is 2. The maximum atomic E-state index is 3.51. The fourth-order valence-electron chi connectivity index (χ4n) is 2.36. The van der Waals surface area contributed by atoms with Crippen LogP contribution in [0.5, 0.6) is 0 Å². The minimum absolute atomic E-state index is 0.485. The summed E-state index contributed by atoms with van der Waals surface area (Å²) in [6.07, 6.45) is 2.70. The van der Waals surface area contributed by atoms with E-state index in [9.17, 15) is 0 Å². The van der Waals surface area contributed by atoms with Gasteiger partial charge in [0.1, 0.15) is 0 Å². The van der Waals surface area contributed by atoms with Crippen molar-refractivity contribution in [3.8, 4) is 0 Å². The zero-order valence-electron chi connectivity index (χ0n) is 10.8. The minimum atomic E-state index is 0.485. The van der Waals surface area contributed by atoms with Crippen LogP contribution in [0.1, 0.15) is 19.8 Å². The molecule has 1 aliphatic rings. The maximum absolute atomic E-state index is 3.51. The first-order valence-corrected chi connectivity index (χ1v) is 6.06. The molecule has 1 aliphatic heterocycles. The molecule has 0 radical (unpaired) electrons. The van der Waals surface area contributed by atoms with Crippen molar-refractivity contribution in [2.75, 3.05) is 53.9 Å². The van der Waals surface area contributed by atoms with Gasteiger partial charge < -0.3 is 15.1 Å². The van der Waals surface area contributed by atoms with Crippen LogP contribution in [-0.4, -0.2) is 63.7 Å². The SMILES string of the molecule is CN(C)CCN(C)CC1(C)CCCNC1. The van der Waals surface area contributed by atoms with E-state index in [1.54, 1.807) is 0 Å². The Morgan fingerprint density at radius 2 is 1.93 bits per heavy atom. The number of piperidine rings is 1. The van der Waals surface area contributed by atoms with Crippen LogP contribution in [0.3, 0.4) is 0 Å². The normalized spacial score (nSPS) is 27.6. The largest absolute Gasteiger partial charge is 0.316 e. The quantitative estimate of drug-likeness (QED) is 0.731. The van der Waals surface area contributed by atoms with Crippen molar-refractivity contribution in [3.05, 3.63) is 0 Å². The first-order chi connectivity index (χ1) is 7.02. The van der Waals surface area contributed by atoms with Crippen molar-refractivity contribution < 1.29 is 0 Å². The zero-order valence-corrected chi connectivity index (χ0v) is 10.8. The van der Waals surface area contributed by atoms with Gasteiger partial charge in [-0.2, -0.15) is 0 Å². The lowest BCUT2D eigenvalue weighted by Gasteiger charge is -2.37. The predicted molar refractivity (Wildman–Crippen MR) is 66.3 cm³/mol. The van der Waals surface area contributed by atoms with Crippen molar-refractivity contribution >= 4 is 0 Å². The summed E-state index contributed by atoms with van der Waals surface area (Å²) in [6, 6.07) is 0. The third-order valence-electron chi connectivity index (χ3n) is 3.27. The fraction of sp³-hybridized carbons (Fsp3) is 1.00. The van der Waals surface area contributed by atoms with Crippen molar-refractivity contribution in [2.24, 2.45) is 5.41 Å². The number of hydrogen-bond donors (Lipinski definition) is 1. The second kappa shape index (κ2) is 5.83. The molecule has 1 rings (SSSR count). The second-order valence-electron chi connectivity index (χ2n) is 5.63. The number of nitrogens with one attached hydrogen (secondary N) is 1. The van der Waals surface area contributed by atoms with E-state index in [1.165, 1.54) is 39.0 Å². The standard InChI is InChI=1S/C12H27N3/c1-12(6-5-7-13-10-12)11-15(4)9-8-14(2)3/h13H,5-11H2,1-4H3. The lowest BCUT2D eigenvalue weighted by molar-refractivity contribution is 0.146. The Morgan fingerprint density at radius 1 is 1.20 bits per heavy atom. The molecule has 15 heavy (non-hydrogen) atoms. The molecular formula is C12H27N3. The molecule has 1 fully saturated rings. The summed E-state index contributed by atoms with van der Waals surface area (Å²) >= 11 is 0. The Hall–Kier alpha value is -0.120. The van der Waals surface area contributed by atoms with Crippen molar-refractivity contribution in [1.82, 2.24) is 15.1 Å². The summed E-state index contributed by atoms with van der Waals surface area (Å²) in [6.45, 7) is 8.33. The lowest BCUT2D eigenvalue weighted by atomic mass is 9.82. The Bertz CT molecular complexity index is 174. The monoisotopic (exact) mass is 213 g/mol. The smallest absolute Gasteiger partial charge is 0.0106 e. The Morgan fingerprint density at radius 3 is 2.47 bits per heavy atom. The van der Waals surface area contributed by atoms with E-state index >= 15 is 0 Å². The van der Waals surface area contributed by atoms with E-state index in [0.29, 0.717) is 5.41 Å². The predicted octanol–water partition coefficient (Wildman–Crippen LogP) is 0.869. The molecule has 3 nitrogen and oxygen atoms in total. The molecule has 0 aromatic heterocycles. The highest BCUT2D eigenvalue weighted by Gasteiger charge is 2.27. The zero-order chi connectivity index (χ0) is 11.3. The molecule has 0 amide bonds. The van der Waals surface area contributed by atoms with Gasteiger partial charge in [0.15, 0.2) is 0 Å². The van der Waals surface area contributed by atoms with Gasteiger partial charge >= 0.3 is 0 Å². The topological polar surface area (TPSA) is 18.5 Å². The highest BCUT2D eigenvalue weighted by atomic mass is 15.2. The average molecular weight is 213 g/mol. The molecule has 1 atom stereocenters. The van der Waals surface area contributed by atoms with Crippen LogP contribution in [0.25, 0.3) is 0 Å². The van der Waals surface area contributed by atoms with E-state index in [0.717, 1.165) is 6.54 Å². The van der Waals surface area contributed by atoms with Crippen molar-refractivity contribution in [1.29, 1.82) is 0 Å². The Balaban J connectivity index is 2.25. The van der Waals surface area contributed by atoms with Gasteiger partial charge in [0, 0.05) is 26.2 Å². The van der Waals surface area contributed by atoms with Gasteiger partial charge in [0.25, 0.3) is 0 Å². The molecular weight excluding hydrogens is 186 g/mol. The van der Waals surface area contributed by atoms with Gasteiger partial charge in [0.2, 0.25) is 0 Å². The van der Waals surface area contributed by atoms with E-state index in [4.69, 9.17) is 0 Å². The Labute approximate surface area is 94.8 Å². The average Bonchev–Trinajstić information content (AvgIpc) is 2.15.